The number of rotatable bonds is 6. The van der Waals surface area contributed by atoms with Crippen molar-refractivity contribution >= 4 is 56.2 Å². The zero-order chi connectivity index (χ0) is 22.4. The summed E-state index contributed by atoms with van der Waals surface area (Å²) in [6, 6.07) is 21.2. The third kappa shape index (κ3) is 6.42. The highest BCUT2D eigenvalue weighted by Crippen LogP contribution is 2.27. The Morgan fingerprint density at radius 2 is 1.84 bits per heavy atom. The third-order valence-corrected chi connectivity index (χ3v) is 5.92. The van der Waals surface area contributed by atoms with Gasteiger partial charge in [0.25, 0.3) is 5.91 Å². The largest absolute Gasteiger partial charge is 0.488 e. The van der Waals surface area contributed by atoms with Gasteiger partial charge in [0.15, 0.2) is 0 Å². The number of carbonyl (C=O) groups excluding carboxylic acids is 1. The minimum absolute atomic E-state index is 0.00422. The Hall–Kier alpha value is -2.63. The molecule has 0 fully saturated rings. The Morgan fingerprint density at radius 3 is 2.52 bits per heavy atom. The number of nitriles is 1. The molecule has 0 spiro atoms. The minimum atomic E-state index is -0.464. The fraction of sp³-hybridized carbons (Fsp3) is 0.120. The highest BCUT2D eigenvalue weighted by molar-refractivity contribution is 14.1. The molecule has 1 amide bonds. The van der Waals surface area contributed by atoms with E-state index in [1.54, 1.807) is 6.08 Å². The van der Waals surface area contributed by atoms with Crippen molar-refractivity contribution in [3.8, 4) is 11.8 Å². The number of amides is 1. The van der Waals surface area contributed by atoms with Crippen LogP contribution in [0.1, 0.15) is 22.3 Å². The van der Waals surface area contributed by atoms with E-state index in [-0.39, 0.29) is 5.57 Å². The second-order valence-corrected chi connectivity index (χ2v) is 9.18. The number of nitrogens with one attached hydrogen (secondary N) is 1. The van der Waals surface area contributed by atoms with Crippen molar-refractivity contribution in [2.75, 3.05) is 5.32 Å². The van der Waals surface area contributed by atoms with Crippen LogP contribution in [0.3, 0.4) is 0 Å². The van der Waals surface area contributed by atoms with Crippen LogP contribution in [0, 0.1) is 28.7 Å². The first kappa shape index (κ1) is 23.0. The van der Waals surface area contributed by atoms with Crippen molar-refractivity contribution < 1.29 is 9.53 Å². The molecule has 0 aliphatic carbocycles. The highest BCUT2D eigenvalue weighted by atomic mass is 127. The molecule has 3 rings (SSSR count). The van der Waals surface area contributed by atoms with Gasteiger partial charge in [-0.15, -0.1) is 0 Å². The number of hydrogen-bond donors (Lipinski definition) is 1. The first-order valence-corrected chi connectivity index (χ1v) is 11.4. The number of anilines is 1. The van der Waals surface area contributed by atoms with Crippen molar-refractivity contribution in [2.24, 2.45) is 0 Å². The summed E-state index contributed by atoms with van der Waals surface area (Å²) in [4.78, 5) is 12.7. The average molecular weight is 587 g/mol. The number of benzene rings is 3. The van der Waals surface area contributed by atoms with Crippen LogP contribution >= 0.6 is 38.5 Å². The topological polar surface area (TPSA) is 62.1 Å². The summed E-state index contributed by atoms with van der Waals surface area (Å²) >= 11 is 5.71. The summed E-state index contributed by atoms with van der Waals surface area (Å²) in [5.41, 5.74) is 4.53. The smallest absolute Gasteiger partial charge is 0.266 e. The van der Waals surface area contributed by atoms with Crippen molar-refractivity contribution in [1.82, 2.24) is 0 Å². The summed E-state index contributed by atoms with van der Waals surface area (Å²) in [6.45, 7) is 4.37. The lowest BCUT2D eigenvalue weighted by Gasteiger charge is -2.11. The summed E-state index contributed by atoms with van der Waals surface area (Å²) in [6.07, 6.45) is 1.55. The molecular weight excluding hydrogens is 567 g/mol. The molecule has 0 atom stereocenters. The molecule has 6 heteroatoms. The van der Waals surface area contributed by atoms with E-state index in [1.165, 1.54) is 0 Å². The van der Waals surface area contributed by atoms with E-state index in [2.05, 4.69) is 43.8 Å². The van der Waals surface area contributed by atoms with E-state index in [9.17, 15) is 10.1 Å². The van der Waals surface area contributed by atoms with Crippen LogP contribution in [0.4, 0.5) is 5.69 Å². The summed E-state index contributed by atoms with van der Waals surface area (Å²) < 4.78 is 7.96. The zero-order valence-electron chi connectivity index (χ0n) is 17.1. The quantitative estimate of drug-likeness (QED) is 0.196. The molecule has 3 aromatic carbocycles. The average Bonchev–Trinajstić information content (AvgIpc) is 2.75. The number of carbonyl (C=O) groups is 1. The van der Waals surface area contributed by atoms with Gasteiger partial charge in [-0.3, -0.25) is 4.79 Å². The number of hydrogen-bond acceptors (Lipinski definition) is 3. The van der Waals surface area contributed by atoms with E-state index >= 15 is 0 Å². The van der Waals surface area contributed by atoms with E-state index in [0.29, 0.717) is 23.6 Å². The maximum absolute atomic E-state index is 12.7. The van der Waals surface area contributed by atoms with Crippen molar-refractivity contribution in [2.45, 2.75) is 20.5 Å². The van der Waals surface area contributed by atoms with Crippen molar-refractivity contribution in [1.29, 1.82) is 5.26 Å². The summed E-state index contributed by atoms with van der Waals surface area (Å²) in [7, 11) is 0. The molecule has 0 heterocycles. The fourth-order valence-corrected chi connectivity index (χ4v) is 3.57. The van der Waals surface area contributed by atoms with Crippen LogP contribution in [0.2, 0.25) is 0 Å². The molecule has 0 aliphatic rings. The molecule has 4 nitrogen and oxygen atoms in total. The highest BCUT2D eigenvalue weighted by Gasteiger charge is 2.12. The molecule has 0 bridgehead atoms. The summed E-state index contributed by atoms with van der Waals surface area (Å²) in [5.74, 6) is 0.128. The second kappa shape index (κ2) is 10.6. The van der Waals surface area contributed by atoms with E-state index in [4.69, 9.17) is 4.74 Å². The monoisotopic (exact) mass is 586 g/mol. The van der Waals surface area contributed by atoms with Gasteiger partial charge in [0, 0.05) is 19.3 Å². The molecule has 0 aromatic heterocycles. The molecule has 0 saturated carbocycles. The number of aryl methyl sites for hydroxylation is 2. The molecule has 0 unspecified atom stereocenters. The standard InChI is InChI=1S/C25H20BrIN2O2/c1-16-3-9-23(11-17(16)2)29-25(30)20(14-28)12-19-13-21(26)6-10-24(19)31-15-18-4-7-22(27)8-5-18/h3-13H,15H2,1-2H3,(H,29,30)/b20-12+. The molecule has 1 N–H and O–H groups in total. The van der Waals surface area contributed by atoms with Crippen LogP contribution in [-0.2, 0) is 11.4 Å². The molecule has 0 radical (unpaired) electrons. The normalized spacial score (nSPS) is 11.0. The van der Waals surface area contributed by atoms with Crippen LogP contribution in [-0.4, -0.2) is 5.91 Å². The van der Waals surface area contributed by atoms with Crippen molar-refractivity contribution in [3.05, 3.63) is 96.5 Å². The number of halogens is 2. The van der Waals surface area contributed by atoms with Crippen LogP contribution in [0.5, 0.6) is 5.75 Å². The maximum Gasteiger partial charge on any atom is 0.266 e. The lowest BCUT2D eigenvalue weighted by Crippen LogP contribution is -2.13. The molecule has 3 aromatic rings. The van der Waals surface area contributed by atoms with Gasteiger partial charge in [-0.25, -0.2) is 0 Å². The molecule has 156 valence electrons. The predicted molar refractivity (Wildman–Crippen MR) is 136 cm³/mol. The van der Waals surface area contributed by atoms with E-state index in [0.717, 1.165) is 24.7 Å². The molecule has 0 saturated heterocycles. The lowest BCUT2D eigenvalue weighted by molar-refractivity contribution is -0.112. The second-order valence-electron chi connectivity index (χ2n) is 7.02. The van der Waals surface area contributed by atoms with Gasteiger partial charge in [-0.1, -0.05) is 34.1 Å². The maximum atomic E-state index is 12.7. The van der Waals surface area contributed by atoms with Crippen LogP contribution in [0.25, 0.3) is 6.08 Å². The zero-order valence-corrected chi connectivity index (χ0v) is 20.8. The fourth-order valence-electron chi connectivity index (χ4n) is 2.83. The van der Waals surface area contributed by atoms with Crippen LogP contribution < -0.4 is 10.1 Å². The molecular formula is C25H20BrIN2O2. The van der Waals surface area contributed by atoms with Gasteiger partial charge >= 0.3 is 0 Å². The molecule has 31 heavy (non-hydrogen) atoms. The Balaban J connectivity index is 1.82. The Labute approximate surface area is 204 Å². The van der Waals surface area contributed by atoms with Gasteiger partial charge in [-0.05, 0) is 102 Å². The van der Waals surface area contributed by atoms with Gasteiger partial charge in [-0.2, -0.15) is 5.26 Å². The predicted octanol–water partition coefficient (Wildman–Crippen LogP) is 6.80. The minimum Gasteiger partial charge on any atom is -0.488 e. The van der Waals surface area contributed by atoms with Gasteiger partial charge in [0.05, 0.1) is 0 Å². The first-order chi connectivity index (χ1) is 14.9. The van der Waals surface area contributed by atoms with Gasteiger partial charge < -0.3 is 10.1 Å². The van der Waals surface area contributed by atoms with Gasteiger partial charge in [0.2, 0.25) is 0 Å². The molecule has 0 aliphatic heterocycles. The van der Waals surface area contributed by atoms with Gasteiger partial charge in [0.1, 0.15) is 24.0 Å². The Kier molecular flexibility index (Phi) is 7.88. The third-order valence-electron chi connectivity index (χ3n) is 4.71. The Morgan fingerprint density at radius 1 is 1.10 bits per heavy atom. The summed E-state index contributed by atoms with van der Waals surface area (Å²) in [5, 5.41) is 12.4. The Bertz CT molecular complexity index is 1180. The number of nitrogens with zero attached hydrogens (tertiary/aromatic N) is 1. The van der Waals surface area contributed by atoms with E-state index in [1.807, 2.05) is 80.6 Å². The lowest BCUT2D eigenvalue weighted by atomic mass is 10.1. The number of ether oxygens (including phenoxy) is 1. The first-order valence-electron chi connectivity index (χ1n) is 9.53. The van der Waals surface area contributed by atoms with E-state index < -0.39 is 5.91 Å². The SMILES string of the molecule is Cc1ccc(NC(=O)/C(C#N)=C/c2cc(Br)ccc2OCc2ccc(I)cc2)cc1C. The van der Waals surface area contributed by atoms with Crippen LogP contribution in [0.15, 0.2) is 70.7 Å². The van der Waals surface area contributed by atoms with Crippen molar-refractivity contribution in [3.63, 3.8) is 0 Å².